The van der Waals surface area contributed by atoms with Crippen LogP contribution in [-0.4, -0.2) is 28.0 Å². The van der Waals surface area contributed by atoms with Gasteiger partial charge in [0, 0.05) is 7.05 Å². The summed E-state index contributed by atoms with van der Waals surface area (Å²) in [6.07, 6.45) is 1.27. The van der Waals surface area contributed by atoms with Gasteiger partial charge in [-0.05, 0) is 0 Å². The van der Waals surface area contributed by atoms with Crippen LogP contribution in [0.2, 0.25) is 0 Å². The summed E-state index contributed by atoms with van der Waals surface area (Å²) in [5, 5.41) is 6.82. The van der Waals surface area contributed by atoms with Gasteiger partial charge in [-0.1, -0.05) is 0 Å². The number of nitrogens with zero attached hydrogens (tertiary/aromatic N) is 3. The standard InChI is InChI=1S/C7H9F2N3O/c1-12-4-10-11-6(12)7(8,9)5-2-13-3-5/h4-5H,2-3H2,1H3. The van der Waals surface area contributed by atoms with Crippen molar-refractivity contribution in [3.05, 3.63) is 12.2 Å². The Kier molecular flexibility index (Phi) is 1.80. The molecular weight excluding hydrogens is 180 g/mol. The SMILES string of the molecule is Cn1cnnc1C(F)(F)C1COC1. The molecule has 0 saturated carbocycles. The van der Waals surface area contributed by atoms with E-state index < -0.39 is 11.8 Å². The third kappa shape index (κ3) is 1.21. The van der Waals surface area contributed by atoms with Gasteiger partial charge in [-0.15, -0.1) is 10.2 Å². The average molecular weight is 189 g/mol. The van der Waals surface area contributed by atoms with E-state index in [1.807, 2.05) is 0 Å². The predicted octanol–water partition coefficient (Wildman–Crippen LogP) is 0.553. The van der Waals surface area contributed by atoms with E-state index in [1.165, 1.54) is 17.9 Å². The van der Waals surface area contributed by atoms with Crippen LogP contribution in [-0.2, 0) is 17.7 Å². The van der Waals surface area contributed by atoms with Crippen LogP contribution in [0.1, 0.15) is 5.82 Å². The molecule has 1 fully saturated rings. The molecule has 2 heterocycles. The molecule has 2 rings (SSSR count). The first-order chi connectivity index (χ1) is 6.12. The van der Waals surface area contributed by atoms with Gasteiger partial charge in [0.15, 0.2) is 0 Å². The molecule has 1 aromatic rings. The number of aryl methyl sites for hydroxylation is 1. The molecule has 0 aliphatic carbocycles. The van der Waals surface area contributed by atoms with E-state index in [0.717, 1.165) is 0 Å². The maximum absolute atomic E-state index is 13.5. The average Bonchev–Trinajstić information content (AvgIpc) is 2.29. The van der Waals surface area contributed by atoms with Crippen molar-refractivity contribution in [3.8, 4) is 0 Å². The third-order valence-corrected chi connectivity index (χ3v) is 2.16. The summed E-state index contributed by atoms with van der Waals surface area (Å²) >= 11 is 0. The molecule has 1 aromatic heterocycles. The summed E-state index contributed by atoms with van der Waals surface area (Å²) in [5.41, 5.74) is 0. The van der Waals surface area contributed by atoms with Crippen molar-refractivity contribution in [1.82, 2.24) is 14.8 Å². The number of hydrogen-bond acceptors (Lipinski definition) is 3. The minimum absolute atomic E-state index is 0.0971. The van der Waals surface area contributed by atoms with Crippen molar-refractivity contribution in [2.75, 3.05) is 13.2 Å². The smallest absolute Gasteiger partial charge is 0.313 e. The van der Waals surface area contributed by atoms with Crippen molar-refractivity contribution in [3.63, 3.8) is 0 Å². The van der Waals surface area contributed by atoms with Crippen LogP contribution in [0.15, 0.2) is 6.33 Å². The first-order valence-electron chi connectivity index (χ1n) is 3.92. The number of halogens is 2. The van der Waals surface area contributed by atoms with Gasteiger partial charge in [-0.2, -0.15) is 8.78 Å². The van der Waals surface area contributed by atoms with Crippen LogP contribution >= 0.6 is 0 Å². The van der Waals surface area contributed by atoms with Gasteiger partial charge in [0.25, 0.3) is 0 Å². The monoisotopic (exact) mass is 189 g/mol. The fourth-order valence-electron chi connectivity index (χ4n) is 1.21. The molecule has 1 aliphatic heterocycles. The first-order valence-corrected chi connectivity index (χ1v) is 3.92. The van der Waals surface area contributed by atoms with E-state index in [9.17, 15) is 8.78 Å². The maximum Gasteiger partial charge on any atom is 0.313 e. The number of rotatable bonds is 2. The number of hydrogen-bond donors (Lipinski definition) is 0. The summed E-state index contributed by atoms with van der Waals surface area (Å²) in [7, 11) is 1.50. The van der Waals surface area contributed by atoms with Crippen molar-refractivity contribution < 1.29 is 13.5 Å². The summed E-state index contributed by atoms with van der Waals surface area (Å²) in [6, 6.07) is 0. The van der Waals surface area contributed by atoms with Gasteiger partial charge in [-0.3, -0.25) is 0 Å². The lowest BCUT2D eigenvalue weighted by Gasteiger charge is -2.32. The molecule has 0 atom stereocenters. The lowest BCUT2D eigenvalue weighted by Crippen LogP contribution is -2.42. The number of aromatic nitrogens is 3. The van der Waals surface area contributed by atoms with Gasteiger partial charge in [0.05, 0.1) is 19.1 Å². The zero-order valence-corrected chi connectivity index (χ0v) is 7.07. The molecule has 0 N–H and O–H groups in total. The molecule has 0 amide bonds. The Balaban J connectivity index is 2.27. The van der Waals surface area contributed by atoms with Crippen LogP contribution in [0.4, 0.5) is 8.78 Å². The van der Waals surface area contributed by atoms with Gasteiger partial charge in [-0.25, -0.2) is 0 Å². The molecule has 0 unspecified atom stereocenters. The largest absolute Gasteiger partial charge is 0.380 e. The van der Waals surface area contributed by atoms with Crippen LogP contribution in [0.25, 0.3) is 0 Å². The number of alkyl halides is 2. The first kappa shape index (κ1) is 8.55. The maximum atomic E-state index is 13.5. The highest BCUT2D eigenvalue weighted by atomic mass is 19.3. The highest BCUT2D eigenvalue weighted by Gasteiger charge is 2.48. The van der Waals surface area contributed by atoms with E-state index in [1.54, 1.807) is 0 Å². The zero-order valence-electron chi connectivity index (χ0n) is 7.07. The van der Waals surface area contributed by atoms with Gasteiger partial charge < -0.3 is 9.30 Å². The molecule has 0 spiro atoms. The Morgan fingerprint density at radius 3 is 2.69 bits per heavy atom. The van der Waals surface area contributed by atoms with Crippen LogP contribution in [0.5, 0.6) is 0 Å². The lowest BCUT2D eigenvalue weighted by atomic mass is 9.99. The van der Waals surface area contributed by atoms with E-state index in [2.05, 4.69) is 10.2 Å². The molecule has 4 nitrogen and oxygen atoms in total. The van der Waals surface area contributed by atoms with Crippen molar-refractivity contribution in [1.29, 1.82) is 0 Å². The van der Waals surface area contributed by atoms with E-state index in [0.29, 0.717) is 0 Å². The highest BCUT2D eigenvalue weighted by molar-refractivity contribution is 5.00. The fraction of sp³-hybridized carbons (Fsp3) is 0.714. The Labute approximate surface area is 73.5 Å². The van der Waals surface area contributed by atoms with Crippen LogP contribution in [0, 0.1) is 5.92 Å². The molecule has 13 heavy (non-hydrogen) atoms. The Morgan fingerprint density at radius 1 is 1.62 bits per heavy atom. The molecule has 1 aliphatic rings. The summed E-state index contributed by atoms with van der Waals surface area (Å²) < 4.78 is 32.9. The number of ether oxygens (including phenoxy) is 1. The topological polar surface area (TPSA) is 39.9 Å². The predicted molar refractivity (Wildman–Crippen MR) is 39.2 cm³/mol. The lowest BCUT2D eigenvalue weighted by molar-refractivity contribution is -0.181. The quantitative estimate of drug-likeness (QED) is 0.682. The molecule has 72 valence electrons. The van der Waals surface area contributed by atoms with Crippen molar-refractivity contribution in [2.45, 2.75) is 5.92 Å². The minimum Gasteiger partial charge on any atom is -0.380 e. The second-order valence-corrected chi connectivity index (χ2v) is 3.12. The van der Waals surface area contributed by atoms with E-state index in [-0.39, 0.29) is 19.0 Å². The second-order valence-electron chi connectivity index (χ2n) is 3.12. The highest BCUT2D eigenvalue weighted by Crippen LogP contribution is 2.38. The summed E-state index contributed by atoms with van der Waals surface area (Å²) in [6.45, 7) is 0.194. The van der Waals surface area contributed by atoms with Gasteiger partial charge in [0.1, 0.15) is 6.33 Å². The van der Waals surface area contributed by atoms with E-state index in [4.69, 9.17) is 4.74 Å². The van der Waals surface area contributed by atoms with Crippen LogP contribution in [0.3, 0.4) is 0 Å². The molecule has 0 bridgehead atoms. The van der Waals surface area contributed by atoms with Crippen molar-refractivity contribution in [2.24, 2.45) is 13.0 Å². The van der Waals surface area contributed by atoms with Crippen LogP contribution < -0.4 is 0 Å². The molecule has 6 heteroatoms. The normalized spacial score (nSPS) is 18.7. The Bertz CT molecular complexity index is 308. The van der Waals surface area contributed by atoms with E-state index >= 15 is 0 Å². The molecule has 1 saturated heterocycles. The third-order valence-electron chi connectivity index (χ3n) is 2.16. The Morgan fingerprint density at radius 2 is 2.31 bits per heavy atom. The van der Waals surface area contributed by atoms with Crippen molar-refractivity contribution >= 4 is 0 Å². The minimum atomic E-state index is -2.93. The summed E-state index contributed by atoms with van der Waals surface area (Å²) in [5.74, 6) is -3.97. The Hall–Kier alpha value is -1.04. The second kappa shape index (κ2) is 2.73. The summed E-state index contributed by atoms with van der Waals surface area (Å²) in [4.78, 5) is 0. The van der Waals surface area contributed by atoms with Gasteiger partial charge >= 0.3 is 5.92 Å². The van der Waals surface area contributed by atoms with Gasteiger partial charge in [0.2, 0.25) is 5.82 Å². The zero-order chi connectivity index (χ0) is 9.47. The molecule has 0 radical (unpaired) electrons. The molecular formula is C7H9F2N3O. The fourth-order valence-corrected chi connectivity index (χ4v) is 1.21. The molecule has 0 aromatic carbocycles.